The zero-order valence-corrected chi connectivity index (χ0v) is 15.8. The number of aliphatic hydroxyl groups excluding tert-OH is 1. The third kappa shape index (κ3) is 7.66. The summed E-state index contributed by atoms with van der Waals surface area (Å²) < 4.78 is 0. The Morgan fingerprint density at radius 1 is 1.00 bits per heavy atom. The summed E-state index contributed by atoms with van der Waals surface area (Å²) in [6, 6.07) is 13.4. The number of benzene rings is 2. The van der Waals surface area contributed by atoms with E-state index in [2.05, 4.69) is 22.5 Å². The predicted octanol–water partition coefficient (Wildman–Crippen LogP) is 0.367. The van der Waals surface area contributed by atoms with Gasteiger partial charge in [-0.3, -0.25) is 14.8 Å². The van der Waals surface area contributed by atoms with Gasteiger partial charge in [0, 0.05) is 36.3 Å². The normalized spacial score (nSPS) is 10.8. The van der Waals surface area contributed by atoms with Crippen LogP contribution in [0.5, 0.6) is 0 Å². The number of amides is 2. The molecule has 2 aromatic carbocycles. The standard InChI is InChI=1S/C21H24N4O4.CH4/c22-13-19(21(28)25-29)24-20(27)18-9-7-16(8-10-18)2-1-15-3-5-17(6-4-15)14-23-11-12-26;/h3-10,19,23,26,29H,11-14,22H2,(H,24,27)(H,25,28);1H4/t19-;/m0./s1. The zero-order chi connectivity index (χ0) is 21.1. The first-order valence-electron chi connectivity index (χ1n) is 9.05. The molecule has 8 nitrogen and oxygen atoms in total. The summed E-state index contributed by atoms with van der Waals surface area (Å²) in [6.45, 7) is 1.20. The van der Waals surface area contributed by atoms with E-state index >= 15 is 0 Å². The summed E-state index contributed by atoms with van der Waals surface area (Å²) in [5, 5.41) is 23.0. The molecule has 160 valence electrons. The smallest absolute Gasteiger partial charge is 0.267 e. The molecular weight excluding hydrogens is 384 g/mol. The number of rotatable bonds is 8. The Morgan fingerprint density at radius 3 is 2.07 bits per heavy atom. The third-order valence-corrected chi connectivity index (χ3v) is 4.04. The van der Waals surface area contributed by atoms with Crippen molar-refractivity contribution < 1.29 is 19.9 Å². The Kier molecular flexibility index (Phi) is 10.8. The van der Waals surface area contributed by atoms with Crippen molar-refractivity contribution in [1.82, 2.24) is 16.1 Å². The van der Waals surface area contributed by atoms with Gasteiger partial charge in [-0.05, 0) is 42.0 Å². The molecule has 2 rings (SSSR count). The van der Waals surface area contributed by atoms with Crippen LogP contribution in [0.3, 0.4) is 0 Å². The van der Waals surface area contributed by atoms with E-state index in [1.165, 1.54) is 5.48 Å². The second-order valence-electron chi connectivity index (χ2n) is 6.16. The fraction of sp³-hybridized carbons (Fsp3) is 0.273. The van der Waals surface area contributed by atoms with Gasteiger partial charge in [0.15, 0.2) is 0 Å². The van der Waals surface area contributed by atoms with Gasteiger partial charge in [0.2, 0.25) is 0 Å². The SMILES string of the molecule is C.NC[C@H](NC(=O)c1ccc(C#Cc2ccc(CNCCO)cc2)cc1)C(=O)NO. The minimum Gasteiger partial charge on any atom is -0.395 e. The Hall–Kier alpha value is -3.22. The summed E-state index contributed by atoms with van der Waals surface area (Å²) in [6.07, 6.45) is 0. The van der Waals surface area contributed by atoms with Crippen molar-refractivity contribution in [3.8, 4) is 11.8 Å². The van der Waals surface area contributed by atoms with E-state index in [4.69, 9.17) is 16.0 Å². The predicted molar refractivity (Wildman–Crippen MR) is 115 cm³/mol. The Labute approximate surface area is 176 Å². The summed E-state index contributed by atoms with van der Waals surface area (Å²) in [5.41, 5.74) is 9.92. The molecule has 0 heterocycles. The number of carbonyl (C=O) groups is 2. The molecule has 7 N–H and O–H groups in total. The van der Waals surface area contributed by atoms with E-state index in [1.54, 1.807) is 24.3 Å². The first kappa shape index (κ1) is 24.8. The Bertz CT molecular complexity index is 871. The van der Waals surface area contributed by atoms with Crippen LogP contribution >= 0.6 is 0 Å². The monoisotopic (exact) mass is 412 g/mol. The lowest BCUT2D eigenvalue weighted by atomic mass is 10.1. The number of aliphatic hydroxyl groups is 1. The van der Waals surface area contributed by atoms with Gasteiger partial charge in [0.1, 0.15) is 6.04 Å². The van der Waals surface area contributed by atoms with Crippen LogP contribution in [0.2, 0.25) is 0 Å². The minimum atomic E-state index is -1.02. The van der Waals surface area contributed by atoms with E-state index < -0.39 is 17.9 Å². The van der Waals surface area contributed by atoms with Gasteiger partial charge in [-0.25, -0.2) is 5.48 Å². The van der Waals surface area contributed by atoms with Crippen LogP contribution in [0, 0.1) is 11.8 Å². The average Bonchev–Trinajstić information content (AvgIpc) is 2.76. The van der Waals surface area contributed by atoms with Crippen LogP contribution in [0.25, 0.3) is 0 Å². The highest BCUT2D eigenvalue weighted by molar-refractivity contribution is 5.97. The molecule has 0 bridgehead atoms. The van der Waals surface area contributed by atoms with E-state index in [-0.39, 0.29) is 20.6 Å². The highest BCUT2D eigenvalue weighted by Gasteiger charge is 2.19. The lowest BCUT2D eigenvalue weighted by molar-refractivity contribution is -0.130. The van der Waals surface area contributed by atoms with Crippen molar-refractivity contribution in [2.75, 3.05) is 19.7 Å². The third-order valence-electron chi connectivity index (χ3n) is 4.04. The van der Waals surface area contributed by atoms with Crippen LogP contribution in [0.4, 0.5) is 0 Å². The summed E-state index contributed by atoms with van der Waals surface area (Å²) >= 11 is 0. The van der Waals surface area contributed by atoms with Crippen molar-refractivity contribution in [3.63, 3.8) is 0 Å². The molecule has 0 radical (unpaired) electrons. The maximum atomic E-state index is 12.2. The molecule has 0 aliphatic carbocycles. The largest absolute Gasteiger partial charge is 0.395 e. The summed E-state index contributed by atoms with van der Waals surface area (Å²) in [4.78, 5) is 23.6. The first-order valence-corrected chi connectivity index (χ1v) is 9.05. The first-order chi connectivity index (χ1) is 14.1. The highest BCUT2D eigenvalue weighted by Crippen LogP contribution is 2.06. The minimum absolute atomic E-state index is 0. The van der Waals surface area contributed by atoms with Gasteiger partial charge in [-0.15, -0.1) is 0 Å². The lowest BCUT2D eigenvalue weighted by Gasteiger charge is -2.14. The number of nitrogens with two attached hydrogens (primary N) is 1. The Morgan fingerprint density at radius 2 is 1.57 bits per heavy atom. The van der Waals surface area contributed by atoms with E-state index in [1.807, 2.05) is 24.3 Å². The second-order valence-corrected chi connectivity index (χ2v) is 6.16. The van der Waals surface area contributed by atoms with Crippen LogP contribution in [-0.4, -0.2) is 47.9 Å². The van der Waals surface area contributed by atoms with Crippen molar-refractivity contribution in [3.05, 3.63) is 70.8 Å². The molecule has 0 saturated carbocycles. The molecule has 30 heavy (non-hydrogen) atoms. The van der Waals surface area contributed by atoms with Crippen molar-refractivity contribution >= 4 is 11.8 Å². The van der Waals surface area contributed by atoms with Crippen LogP contribution in [-0.2, 0) is 11.3 Å². The maximum absolute atomic E-state index is 12.2. The molecule has 2 aromatic rings. The van der Waals surface area contributed by atoms with Gasteiger partial charge < -0.3 is 21.5 Å². The van der Waals surface area contributed by atoms with Crippen molar-refractivity contribution in [2.45, 2.75) is 20.0 Å². The summed E-state index contributed by atoms with van der Waals surface area (Å²) in [5.74, 6) is 4.83. The van der Waals surface area contributed by atoms with Gasteiger partial charge in [-0.1, -0.05) is 31.4 Å². The molecule has 0 unspecified atom stereocenters. The van der Waals surface area contributed by atoms with Crippen LogP contribution < -0.4 is 21.8 Å². The van der Waals surface area contributed by atoms with Gasteiger partial charge in [-0.2, -0.15) is 0 Å². The molecule has 0 spiro atoms. The molecule has 2 amide bonds. The van der Waals surface area contributed by atoms with Gasteiger partial charge in [0.05, 0.1) is 6.61 Å². The lowest BCUT2D eigenvalue weighted by Crippen LogP contribution is -2.50. The number of carbonyl (C=O) groups excluding carboxylic acids is 2. The van der Waals surface area contributed by atoms with E-state index in [0.29, 0.717) is 18.7 Å². The van der Waals surface area contributed by atoms with Crippen molar-refractivity contribution in [1.29, 1.82) is 0 Å². The molecule has 0 aromatic heterocycles. The number of hydrogen-bond donors (Lipinski definition) is 6. The highest BCUT2D eigenvalue weighted by atomic mass is 16.5. The maximum Gasteiger partial charge on any atom is 0.267 e. The van der Waals surface area contributed by atoms with E-state index in [9.17, 15) is 9.59 Å². The molecule has 1 atom stereocenters. The van der Waals surface area contributed by atoms with Crippen LogP contribution in [0.15, 0.2) is 48.5 Å². The molecule has 0 fully saturated rings. The van der Waals surface area contributed by atoms with Crippen LogP contribution in [0.1, 0.15) is 34.5 Å². The number of nitrogens with one attached hydrogen (secondary N) is 3. The fourth-order valence-corrected chi connectivity index (χ4v) is 2.42. The second kappa shape index (κ2) is 13.1. The topological polar surface area (TPSA) is 137 Å². The number of hydroxylamine groups is 1. The molecule has 8 heteroatoms. The van der Waals surface area contributed by atoms with Gasteiger partial charge in [0.25, 0.3) is 11.8 Å². The van der Waals surface area contributed by atoms with E-state index in [0.717, 1.165) is 16.7 Å². The van der Waals surface area contributed by atoms with Gasteiger partial charge >= 0.3 is 0 Å². The average molecular weight is 412 g/mol. The molecule has 0 aliphatic heterocycles. The quantitative estimate of drug-likeness (QED) is 0.160. The molecule has 0 saturated heterocycles. The summed E-state index contributed by atoms with van der Waals surface area (Å²) in [7, 11) is 0. The zero-order valence-electron chi connectivity index (χ0n) is 15.8. The molecule has 0 aliphatic rings. The number of hydrogen-bond acceptors (Lipinski definition) is 6. The Balaban J connectivity index is 0.00000450. The molecular formula is C22H28N4O4. The van der Waals surface area contributed by atoms with Crippen molar-refractivity contribution in [2.24, 2.45) is 5.73 Å². The fourth-order valence-electron chi connectivity index (χ4n) is 2.42.